The number of alkyl halides is 3. The summed E-state index contributed by atoms with van der Waals surface area (Å²) in [7, 11) is -3.20. The normalized spacial score (nSPS) is 21.8. The molecule has 0 spiro atoms. The van der Waals surface area contributed by atoms with Gasteiger partial charge in [0.05, 0.1) is 22.6 Å². The van der Waals surface area contributed by atoms with E-state index < -0.39 is 46.1 Å². The molecule has 2 fully saturated rings. The van der Waals surface area contributed by atoms with Gasteiger partial charge >= 0.3 is 12.1 Å². The molecule has 2 aliphatic rings. The molecule has 6 nitrogen and oxygen atoms in total. The monoisotopic (exact) mass is 433 g/mol. The lowest BCUT2D eigenvalue weighted by Gasteiger charge is -2.33. The summed E-state index contributed by atoms with van der Waals surface area (Å²) in [5, 5.41) is 0. The van der Waals surface area contributed by atoms with E-state index in [1.807, 2.05) is 0 Å². The summed E-state index contributed by atoms with van der Waals surface area (Å²) in [6, 6.07) is 3.22. The molecule has 0 N–H and O–H groups in total. The molecule has 10 heteroatoms. The van der Waals surface area contributed by atoms with Gasteiger partial charge in [-0.3, -0.25) is 4.79 Å². The molecule has 1 saturated carbocycles. The van der Waals surface area contributed by atoms with Gasteiger partial charge in [0.2, 0.25) is 0 Å². The van der Waals surface area contributed by atoms with E-state index in [9.17, 15) is 31.2 Å². The number of ether oxygens (including phenoxy) is 1. The molecule has 3 rings (SSSR count). The summed E-state index contributed by atoms with van der Waals surface area (Å²) in [5.74, 6) is -1.65. The second-order valence-electron chi connectivity index (χ2n) is 7.45. The van der Waals surface area contributed by atoms with E-state index >= 15 is 0 Å². The van der Waals surface area contributed by atoms with Gasteiger partial charge in [-0.1, -0.05) is 18.9 Å². The fourth-order valence-electron chi connectivity index (χ4n) is 3.99. The zero-order valence-electron chi connectivity index (χ0n) is 15.7. The molecular formula is C19H22F3NO5S. The quantitative estimate of drug-likeness (QED) is 0.667. The Morgan fingerprint density at radius 3 is 2.38 bits per heavy atom. The Bertz CT molecular complexity index is 878. The predicted octanol–water partition coefficient (Wildman–Crippen LogP) is 2.82. The molecule has 160 valence electrons. The Labute approximate surface area is 166 Å². The van der Waals surface area contributed by atoms with Crippen LogP contribution < -0.4 is 0 Å². The molecule has 1 saturated heterocycles. The minimum atomic E-state index is -4.60. The molecule has 0 bridgehead atoms. The van der Waals surface area contributed by atoms with E-state index in [0.717, 1.165) is 37.8 Å². The van der Waals surface area contributed by atoms with Crippen molar-refractivity contribution >= 4 is 21.7 Å². The molecule has 1 amide bonds. The zero-order chi connectivity index (χ0) is 21.2. The Morgan fingerprint density at radius 2 is 1.79 bits per heavy atom. The third-order valence-electron chi connectivity index (χ3n) is 5.36. The van der Waals surface area contributed by atoms with Gasteiger partial charge < -0.3 is 9.64 Å². The third kappa shape index (κ3) is 5.29. The van der Waals surface area contributed by atoms with Crippen molar-refractivity contribution in [2.45, 2.75) is 50.4 Å². The van der Waals surface area contributed by atoms with E-state index in [2.05, 4.69) is 0 Å². The molecule has 1 aliphatic carbocycles. The number of halogens is 3. The second-order valence-corrected chi connectivity index (χ2v) is 9.68. The van der Waals surface area contributed by atoms with Crippen LogP contribution in [0.4, 0.5) is 13.2 Å². The van der Waals surface area contributed by atoms with Crippen molar-refractivity contribution < 1.29 is 35.9 Å². The van der Waals surface area contributed by atoms with Gasteiger partial charge in [0, 0.05) is 12.1 Å². The average molecular weight is 433 g/mol. The van der Waals surface area contributed by atoms with Gasteiger partial charge in [-0.25, -0.2) is 13.2 Å². The SMILES string of the molecule is O=C(OCC(=O)N(C1CCCC1)C1CCS(=O)(=O)C1)c1cccc(C(F)(F)F)c1. The number of rotatable bonds is 5. The van der Waals surface area contributed by atoms with Crippen LogP contribution in [0.1, 0.15) is 48.0 Å². The van der Waals surface area contributed by atoms with Gasteiger partial charge in [0.15, 0.2) is 16.4 Å². The first kappa shape index (κ1) is 21.6. The van der Waals surface area contributed by atoms with Gasteiger partial charge in [-0.05, 0) is 37.5 Å². The van der Waals surface area contributed by atoms with Gasteiger partial charge in [0.25, 0.3) is 5.91 Å². The van der Waals surface area contributed by atoms with Crippen LogP contribution in [0.25, 0.3) is 0 Å². The van der Waals surface area contributed by atoms with Crippen molar-refractivity contribution in [2.24, 2.45) is 0 Å². The topological polar surface area (TPSA) is 80.8 Å². The highest BCUT2D eigenvalue weighted by Gasteiger charge is 2.39. The number of sulfone groups is 1. The Morgan fingerprint density at radius 1 is 1.10 bits per heavy atom. The first-order valence-electron chi connectivity index (χ1n) is 9.43. The lowest BCUT2D eigenvalue weighted by atomic mass is 10.1. The standard InChI is InChI=1S/C19H22F3NO5S/c20-19(21,22)14-5-3-4-13(10-14)18(25)28-11-17(24)23(15-6-1-2-7-15)16-8-9-29(26,27)12-16/h3-5,10,15-16H,1-2,6-9,11-12H2. The second kappa shape index (κ2) is 8.33. The lowest BCUT2D eigenvalue weighted by Crippen LogP contribution is -2.48. The Kier molecular flexibility index (Phi) is 6.21. The van der Waals surface area contributed by atoms with Crippen LogP contribution in [0.5, 0.6) is 0 Å². The Balaban J connectivity index is 1.68. The molecule has 1 aromatic carbocycles. The minimum absolute atomic E-state index is 0.0121. The van der Waals surface area contributed by atoms with Crippen molar-refractivity contribution in [2.75, 3.05) is 18.1 Å². The fraction of sp³-hybridized carbons (Fsp3) is 0.579. The average Bonchev–Trinajstić information content (AvgIpc) is 3.29. The van der Waals surface area contributed by atoms with Crippen LogP contribution in [-0.4, -0.2) is 55.4 Å². The van der Waals surface area contributed by atoms with Crippen molar-refractivity contribution in [3.63, 3.8) is 0 Å². The molecular weight excluding hydrogens is 411 g/mol. The number of amides is 1. The maximum Gasteiger partial charge on any atom is 0.416 e. The number of esters is 1. The smallest absolute Gasteiger partial charge is 0.416 e. The van der Waals surface area contributed by atoms with E-state index in [-0.39, 0.29) is 23.1 Å². The van der Waals surface area contributed by atoms with E-state index in [0.29, 0.717) is 12.5 Å². The molecule has 0 radical (unpaired) electrons. The number of carbonyl (C=O) groups excluding carboxylic acids is 2. The number of nitrogens with zero attached hydrogens (tertiary/aromatic N) is 1. The molecule has 1 aliphatic heterocycles. The van der Waals surface area contributed by atoms with Gasteiger partial charge in [-0.15, -0.1) is 0 Å². The van der Waals surface area contributed by atoms with E-state index in [1.165, 1.54) is 11.0 Å². The predicted molar refractivity (Wildman–Crippen MR) is 97.9 cm³/mol. The third-order valence-corrected chi connectivity index (χ3v) is 7.11. The first-order valence-corrected chi connectivity index (χ1v) is 11.2. The van der Waals surface area contributed by atoms with Crippen LogP contribution in [0.2, 0.25) is 0 Å². The number of benzene rings is 1. The summed E-state index contributed by atoms with van der Waals surface area (Å²) in [4.78, 5) is 26.4. The van der Waals surface area contributed by atoms with E-state index in [1.54, 1.807) is 0 Å². The molecule has 29 heavy (non-hydrogen) atoms. The fourth-order valence-corrected chi connectivity index (χ4v) is 5.70. The van der Waals surface area contributed by atoms with Crippen LogP contribution in [-0.2, 0) is 25.5 Å². The first-order chi connectivity index (χ1) is 13.6. The van der Waals surface area contributed by atoms with Crippen LogP contribution in [0.15, 0.2) is 24.3 Å². The summed E-state index contributed by atoms with van der Waals surface area (Å²) in [5.41, 5.74) is -1.29. The van der Waals surface area contributed by atoms with Crippen LogP contribution >= 0.6 is 0 Å². The minimum Gasteiger partial charge on any atom is -0.452 e. The lowest BCUT2D eigenvalue weighted by molar-refractivity contribution is -0.139. The highest BCUT2D eigenvalue weighted by Crippen LogP contribution is 2.30. The maximum atomic E-state index is 12.8. The van der Waals surface area contributed by atoms with Crippen molar-refractivity contribution in [3.05, 3.63) is 35.4 Å². The maximum absolute atomic E-state index is 12.8. The summed E-state index contributed by atoms with van der Waals surface area (Å²) in [6.07, 6.45) is -0.894. The van der Waals surface area contributed by atoms with Crippen molar-refractivity contribution in [1.29, 1.82) is 0 Å². The van der Waals surface area contributed by atoms with Crippen LogP contribution in [0.3, 0.4) is 0 Å². The van der Waals surface area contributed by atoms with Crippen molar-refractivity contribution in [1.82, 2.24) is 4.90 Å². The molecule has 0 aromatic heterocycles. The van der Waals surface area contributed by atoms with Crippen LogP contribution in [0, 0.1) is 0 Å². The summed E-state index contributed by atoms with van der Waals surface area (Å²) >= 11 is 0. The zero-order valence-corrected chi connectivity index (χ0v) is 16.5. The molecule has 1 unspecified atom stereocenters. The summed E-state index contributed by atoms with van der Waals surface area (Å²) < 4.78 is 67.0. The van der Waals surface area contributed by atoms with E-state index in [4.69, 9.17) is 4.74 Å². The Hall–Kier alpha value is -2.10. The van der Waals surface area contributed by atoms with Gasteiger partial charge in [0.1, 0.15) is 0 Å². The largest absolute Gasteiger partial charge is 0.452 e. The summed E-state index contributed by atoms with van der Waals surface area (Å²) in [6.45, 7) is -0.637. The number of carbonyl (C=O) groups is 2. The number of hydrogen-bond donors (Lipinski definition) is 0. The molecule has 1 aromatic rings. The molecule has 1 atom stereocenters. The highest BCUT2D eigenvalue weighted by molar-refractivity contribution is 7.91. The highest BCUT2D eigenvalue weighted by atomic mass is 32.2. The van der Waals surface area contributed by atoms with Gasteiger partial charge in [-0.2, -0.15) is 13.2 Å². The van der Waals surface area contributed by atoms with Crippen molar-refractivity contribution in [3.8, 4) is 0 Å². The number of hydrogen-bond acceptors (Lipinski definition) is 5. The molecule has 1 heterocycles.